The SMILES string of the molecule is CCCNC(=O)[C@H](C)N(Cc1ccc(OC)cc1)C(=O)CCSc1ccccc1. The Morgan fingerprint density at radius 2 is 1.79 bits per heavy atom. The summed E-state index contributed by atoms with van der Waals surface area (Å²) in [6.45, 7) is 4.79. The highest BCUT2D eigenvalue weighted by molar-refractivity contribution is 7.99. The second-order valence-electron chi connectivity index (χ2n) is 6.75. The predicted octanol–water partition coefficient (Wildman–Crippen LogP) is 4.12. The van der Waals surface area contributed by atoms with E-state index in [1.807, 2.05) is 61.5 Å². The quantitative estimate of drug-likeness (QED) is 0.562. The second kappa shape index (κ2) is 12.2. The maximum absolute atomic E-state index is 13.0. The maximum atomic E-state index is 13.0. The Bertz CT molecular complexity index is 765. The molecule has 0 bridgehead atoms. The van der Waals surface area contributed by atoms with Gasteiger partial charge in [0.05, 0.1) is 7.11 Å². The van der Waals surface area contributed by atoms with Crippen molar-refractivity contribution in [3.8, 4) is 5.75 Å². The third-order valence-corrected chi connectivity index (χ3v) is 5.57. The minimum atomic E-state index is -0.530. The van der Waals surface area contributed by atoms with Crippen molar-refractivity contribution in [2.45, 2.75) is 44.2 Å². The molecule has 0 aromatic heterocycles. The first-order valence-corrected chi connectivity index (χ1v) is 10.9. The van der Waals surface area contributed by atoms with Gasteiger partial charge in [0.25, 0.3) is 0 Å². The van der Waals surface area contributed by atoms with E-state index in [1.54, 1.807) is 30.7 Å². The Kier molecular flexibility index (Phi) is 9.57. The van der Waals surface area contributed by atoms with Gasteiger partial charge in [-0.1, -0.05) is 37.3 Å². The molecule has 0 fully saturated rings. The number of amides is 2. The first kappa shape index (κ1) is 22.8. The van der Waals surface area contributed by atoms with Crippen molar-refractivity contribution in [1.29, 1.82) is 0 Å². The molecule has 0 heterocycles. The fourth-order valence-electron chi connectivity index (χ4n) is 2.82. The van der Waals surface area contributed by atoms with E-state index in [1.165, 1.54) is 0 Å². The number of nitrogens with zero attached hydrogens (tertiary/aromatic N) is 1. The first-order chi connectivity index (χ1) is 14.0. The third kappa shape index (κ3) is 7.46. The number of hydrogen-bond acceptors (Lipinski definition) is 4. The second-order valence-corrected chi connectivity index (χ2v) is 7.92. The van der Waals surface area contributed by atoms with Crippen LogP contribution in [0.15, 0.2) is 59.5 Å². The third-order valence-electron chi connectivity index (χ3n) is 4.56. The summed E-state index contributed by atoms with van der Waals surface area (Å²) in [4.78, 5) is 28.3. The number of methoxy groups -OCH3 is 1. The van der Waals surface area contributed by atoms with Crippen LogP contribution in [0.3, 0.4) is 0 Å². The highest BCUT2D eigenvalue weighted by Crippen LogP contribution is 2.20. The van der Waals surface area contributed by atoms with Crippen LogP contribution in [-0.4, -0.2) is 42.2 Å². The molecule has 6 heteroatoms. The number of carbonyl (C=O) groups is 2. The van der Waals surface area contributed by atoms with Crippen LogP contribution in [0.2, 0.25) is 0 Å². The standard InChI is InChI=1S/C23H30N2O3S/c1-4-15-24-23(27)18(2)25(17-19-10-12-20(28-3)13-11-19)22(26)14-16-29-21-8-6-5-7-9-21/h5-13,18H,4,14-17H2,1-3H3,(H,24,27)/t18-/m0/s1. The summed E-state index contributed by atoms with van der Waals surface area (Å²) in [5, 5.41) is 2.90. The van der Waals surface area contributed by atoms with Gasteiger partial charge in [-0.25, -0.2) is 0 Å². The molecule has 0 unspecified atom stereocenters. The number of thioether (sulfide) groups is 1. The van der Waals surface area contributed by atoms with Gasteiger partial charge in [-0.15, -0.1) is 11.8 Å². The van der Waals surface area contributed by atoms with E-state index < -0.39 is 6.04 Å². The lowest BCUT2D eigenvalue weighted by molar-refractivity contribution is -0.140. The zero-order chi connectivity index (χ0) is 21.1. The van der Waals surface area contributed by atoms with Crippen molar-refractivity contribution in [3.05, 3.63) is 60.2 Å². The number of ether oxygens (including phenoxy) is 1. The van der Waals surface area contributed by atoms with E-state index in [2.05, 4.69) is 5.32 Å². The molecule has 2 rings (SSSR count). The van der Waals surface area contributed by atoms with Crippen LogP contribution in [0, 0.1) is 0 Å². The largest absolute Gasteiger partial charge is 0.497 e. The van der Waals surface area contributed by atoms with Gasteiger partial charge in [-0.2, -0.15) is 0 Å². The lowest BCUT2D eigenvalue weighted by Crippen LogP contribution is -2.47. The fraction of sp³-hybridized carbons (Fsp3) is 0.391. The van der Waals surface area contributed by atoms with Crippen LogP contribution in [0.1, 0.15) is 32.3 Å². The summed E-state index contributed by atoms with van der Waals surface area (Å²) < 4.78 is 5.20. The average molecular weight is 415 g/mol. The zero-order valence-corrected chi connectivity index (χ0v) is 18.2. The molecule has 1 N–H and O–H groups in total. The van der Waals surface area contributed by atoms with Gasteiger partial charge in [-0.3, -0.25) is 9.59 Å². The molecule has 156 valence electrons. The number of hydrogen-bond donors (Lipinski definition) is 1. The van der Waals surface area contributed by atoms with Crippen LogP contribution in [0.5, 0.6) is 5.75 Å². The lowest BCUT2D eigenvalue weighted by Gasteiger charge is -2.29. The molecule has 0 saturated carbocycles. The minimum Gasteiger partial charge on any atom is -0.497 e. The molecule has 0 aliphatic carbocycles. The molecule has 29 heavy (non-hydrogen) atoms. The van der Waals surface area contributed by atoms with E-state index >= 15 is 0 Å². The number of rotatable bonds is 11. The van der Waals surface area contributed by atoms with Gasteiger partial charge in [0.2, 0.25) is 11.8 Å². The van der Waals surface area contributed by atoms with Gasteiger partial charge < -0.3 is 15.0 Å². The van der Waals surface area contributed by atoms with Crippen molar-refractivity contribution >= 4 is 23.6 Å². The van der Waals surface area contributed by atoms with E-state index in [4.69, 9.17) is 4.74 Å². The molecule has 0 spiro atoms. The highest BCUT2D eigenvalue weighted by Gasteiger charge is 2.25. The van der Waals surface area contributed by atoms with E-state index in [0.717, 1.165) is 22.6 Å². The molecule has 2 aromatic carbocycles. The molecule has 5 nitrogen and oxygen atoms in total. The maximum Gasteiger partial charge on any atom is 0.242 e. The van der Waals surface area contributed by atoms with Crippen molar-refractivity contribution in [2.24, 2.45) is 0 Å². The average Bonchev–Trinajstić information content (AvgIpc) is 2.76. The van der Waals surface area contributed by atoms with E-state index in [-0.39, 0.29) is 11.8 Å². The summed E-state index contributed by atoms with van der Waals surface area (Å²) >= 11 is 1.65. The Hall–Kier alpha value is -2.47. The molecule has 0 radical (unpaired) electrons. The number of benzene rings is 2. The van der Waals surface area contributed by atoms with Crippen molar-refractivity contribution in [1.82, 2.24) is 10.2 Å². The van der Waals surface area contributed by atoms with Crippen molar-refractivity contribution in [2.75, 3.05) is 19.4 Å². The van der Waals surface area contributed by atoms with Crippen LogP contribution < -0.4 is 10.1 Å². The first-order valence-electron chi connectivity index (χ1n) is 9.93. The molecular formula is C23H30N2O3S. The van der Waals surface area contributed by atoms with Crippen molar-refractivity contribution in [3.63, 3.8) is 0 Å². The summed E-state index contributed by atoms with van der Waals surface area (Å²) in [5.74, 6) is 1.29. The van der Waals surface area contributed by atoms with Gasteiger partial charge in [0.1, 0.15) is 11.8 Å². The van der Waals surface area contributed by atoms with Crippen LogP contribution in [-0.2, 0) is 16.1 Å². The Labute approximate surface area is 177 Å². The van der Waals surface area contributed by atoms with Crippen LogP contribution in [0.4, 0.5) is 0 Å². The minimum absolute atomic E-state index is 0.0246. The molecule has 0 aliphatic heterocycles. The van der Waals surface area contributed by atoms with Crippen molar-refractivity contribution < 1.29 is 14.3 Å². The Morgan fingerprint density at radius 1 is 1.10 bits per heavy atom. The molecule has 0 saturated heterocycles. The summed E-state index contributed by atoms with van der Waals surface area (Å²) in [6.07, 6.45) is 1.24. The Morgan fingerprint density at radius 3 is 2.41 bits per heavy atom. The smallest absolute Gasteiger partial charge is 0.242 e. The fourth-order valence-corrected chi connectivity index (χ4v) is 3.68. The van der Waals surface area contributed by atoms with Crippen LogP contribution >= 0.6 is 11.8 Å². The molecular weight excluding hydrogens is 384 g/mol. The van der Waals surface area contributed by atoms with Crippen LogP contribution in [0.25, 0.3) is 0 Å². The van der Waals surface area contributed by atoms with Gasteiger partial charge in [-0.05, 0) is 43.2 Å². The highest BCUT2D eigenvalue weighted by atomic mass is 32.2. The monoisotopic (exact) mass is 414 g/mol. The number of carbonyl (C=O) groups excluding carboxylic acids is 2. The Balaban J connectivity index is 2.04. The summed E-state index contributed by atoms with van der Waals surface area (Å²) in [7, 11) is 1.62. The normalized spacial score (nSPS) is 11.6. The molecule has 1 atom stereocenters. The van der Waals surface area contributed by atoms with Gasteiger partial charge >= 0.3 is 0 Å². The topological polar surface area (TPSA) is 58.6 Å². The molecule has 2 aromatic rings. The van der Waals surface area contributed by atoms with E-state index in [0.29, 0.717) is 25.3 Å². The van der Waals surface area contributed by atoms with Gasteiger partial charge in [0.15, 0.2) is 0 Å². The lowest BCUT2D eigenvalue weighted by atomic mass is 10.1. The summed E-state index contributed by atoms with van der Waals surface area (Å²) in [6, 6.07) is 17.1. The summed E-state index contributed by atoms with van der Waals surface area (Å²) in [5.41, 5.74) is 0.963. The zero-order valence-electron chi connectivity index (χ0n) is 17.4. The molecule has 2 amide bonds. The molecule has 0 aliphatic rings. The number of nitrogens with one attached hydrogen (secondary N) is 1. The van der Waals surface area contributed by atoms with E-state index in [9.17, 15) is 9.59 Å². The predicted molar refractivity (Wildman–Crippen MR) is 118 cm³/mol. The van der Waals surface area contributed by atoms with Gasteiger partial charge in [0, 0.05) is 30.2 Å².